The van der Waals surface area contributed by atoms with Crippen LogP contribution in [0.15, 0.2) is 10.9 Å². The van der Waals surface area contributed by atoms with Crippen molar-refractivity contribution in [1.29, 1.82) is 0 Å². The van der Waals surface area contributed by atoms with Crippen molar-refractivity contribution in [1.82, 2.24) is 9.99 Å². The summed E-state index contributed by atoms with van der Waals surface area (Å²) in [6.07, 6.45) is 0. The number of aromatic nitrogens is 1. The minimum Gasteiger partial charge on any atom is -0.491 e. The van der Waals surface area contributed by atoms with Crippen LogP contribution in [0, 0.1) is 0 Å². The molecular weight excluding hydrogens is 274 g/mol. The number of hydrogen-bond donors (Lipinski definition) is 1. The van der Waals surface area contributed by atoms with Crippen LogP contribution in [0.25, 0.3) is 0 Å². The summed E-state index contributed by atoms with van der Waals surface area (Å²) in [4.78, 5) is 24.6. The zero-order chi connectivity index (χ0) is 15.4. The molecular formula is C14H19N3O4. The molecule has 0 aromatic carbocycles. The van der Waals surface area contributed by atoms with Crippen molar-refractivity contribution in [2.75, 3.05) is 32.4 Å². The van der Waals surface area contributed by atoms with Gasteiger partial charge in [0.15, 0.2) is 11.4 Å². The zero-order valence-corrected chi connectivity index (χ0v) is 12.6. The molecule has 0 radical (unpaired) electrons. The molecule has 0 aliphatic carbocycles. The fourth-order valence-corrected chi connectivity index (χ4v) is 3.23. The molecule has 2 atom stereocenters. The number of pyridine rings is 1. The lowest BCUT2D eigenvalue weighted by atomic mass is 10.1. The van der Waals surface area contributed by atoms with Gasteiger partial charge in [-0.3, -0.25) is 19.3 Å². The van der Waals surface area contributed by atoms with E-state index in [1.165, 1.54) is 7.11 Å². The Labute approximate surface area is 122 Å². The van der Waals surface area contributed by atoms with E-state index in [9.17, 15) is 9.59 Å². The van der Waals surface area contributed by atoms with Crippen molar-refractivity contribution in [3.63, 3.8) is 0 Å². The molecule has 2 aliphatic heterocycles. The number of hydrogen-bond acceptors (Lipinski definition) is 5. The number of ether oxygens (including phenoxy) is 2. The average Bonchev–Trinajstić information content (AvgIpc) is 2.74. The van der Waals surface area contributed by atoms with E-state index in [1.54, 1.807) is 13.2 Å². The number of nitrogens with one attached hydrogen (secondary N) is 1. The van der Waals surface area contributed by atoms with Gasteiger partial charge in [0.05, 0.1) is 13.7 Å². The van der Waals surface area contributed by atoms with Gasteiger partial charge in [-0.1, -0.05) is 6.92 Å². The molecule has 0 bridgehead atoms. The summed E-state index contributed by atoms with van der Waals surface area (Å²) < 4.78 is 12.2. The van der Waals surface area contributed by atoms with E-state index in [-0.39, 0.29) is 28.7 Å². The lowest BCUT2D eigenvalue weighted by molar-refractivity contribution is 0.0654. The summed E-state index contributed by atoms with van der Waals surface area (Å²) in [6.45, 7) is 4.98. The number of amides is 1. The van der Waals surface area contributed by atoms with Crippen LogP contribution < -0.4 is 20.5 Å². The maximum absolute atomic E-state index is 12.5. The van der Waals surface area contributed by atoms with Crippen LogP contribution in [0.1, 0.15) is 35.9 Å². The Morgan fingerprint density at radius 1 is 1.43 bits per heavy atom. The summed E-state index contributed by atoms with van der Waals surface area (Å²) in [5.41, 5.74) is 0.169. The highest BCUT2D eigenvalue weighted by atomic mass is 16.5. The lowest BCUT2D eigenvalue weighted by Crippen LogP contribution is -2.68. The number of carbonyl (C=O) groups excluding carboxylic acids is 1. The summed E-state index contributed by atoms with van der Waals surface area (Å²) in [5, 5.41) is 4.95. The van der Waals surface area contributed by atoms with Gasteiger partial charge in [0.25, 0.3) is 5.91 Å². The van der Waals surface area contributed by atoms with Gasteiger partial charge in [0.2, 0.25) is 5.43 Å². The van der Waals surface area contributed by atoms with Gasteiger partial charge in [-0.05, 0) is 6.92 Å². The third-order valence-corrected chi connectivity index (χ3v) is 4.16. The third-order valence-electron chi connectivity index (χ3n) is 4.16. The first kappa shape index (κ1) is 13.9. The molecule has 1 N–H and O–H groups in total. The van der Waals surface area contributed by atoms with E-state index in [0.717, 1.165) is 5.69 Å². The molecule has 7 heteroatoms. The normalized spacial score (nSPS) is 26.6. The van der Waals surface area contributed by atoms with Gasteiger partial charge >= 0.3 is 0 Å². The second kappa shape index (κ2) is 4.49. The highest BCUT2D eigenvalue weighted by molar-refractivity contribution is 5.97. The summed E-state index contributed by atoms with van der Waals surface area (Å²) >= 11 is 0. The topological polar surface area (TPSA) is 72.8 Å². The van der Waals surface area contributed by atoms with Crippen molar-refractivity contribution >= 4 is 5.91 Å². The van der Waals surface area contributed by atoms with Gasteiger partial charge in [0, 0.05) is 31.3 Å². The van der Waals surface area contributed by atoms with Crippen LogP contribution in [-0.4, -0.2) is 43.6 Å². The Morgan fingerprint density at radius 3 is 2.76 bits per heavy atom. The monoisotopic (exact) mass is 293 g/mol. The van der Waals surface area contributed by atoms with Crippen LogP contribution in [-0.2, 0) is 4.74 Å². The zero-order valence-electron chi connectivity index (χ0n) is 12.6. The van der Waals surface area contributed by atoms with Gasteiger partial charge < -0.3 is 14.8 Å². The van der Waals surface area contributed by atoms with Gasteiger partial charge in [-0.15, -0.1) is 0 Å². The predicted octanol–water partition coefficient (Wildman–Crippen LogP) is 0.0180. The summed E-state index contributed by atoms with van der Waals surface area (Å²) in [5.74, 6) is -0.100. The summed E-state index contributed by atoms with van der Waals surface area (Å²) in [6, 6.07) is 1.55. The van der Waals surface area contributed by atoms with Crippen molar-refractivity contribution < 1.29 is 14.3 Å². The van der Waals surface area contributed by atoms with E-state index < -0.39 is 5.66 Å². The van der Waals surface area contributed by atoms with Crippen molar-refractivity contribution in [3.8, 4) is 5.75 Å². The average molecular weight is 293 g/mol. The standard InChI is InChI=1S/C14H19N3O4/c1-8-6-16-14(2,7-20-3)15-13(19)11-12(21-4)10(18)5-9(8)17(11)16/h5,8H,6-7H2,1-4H3,(H,15,19). The van der Waals surface area contributed by atoms with E-state index >= 15 is 0 Å². The van der Waals surface area contributed by atoms with Gasteiger partial charge in [-0.25, -0.2) is 0 Å². The minimum absolute atomic E-state index is 0.0785. The van der Waals surface area contributed by atoms with E-state index in [1.807, 2.05) is 23.5 Å². The van der Waals surface area contributed by atoms with E-state index in [0.29, 0.717) is 13.2 Å². The molecule has 114 valence electrons. The second-order valence-electron chi connectivity index (χ2n) is 5.77. The van der Waals surface area contributed by atoms with Crippen LogP contribution in [0.3, 0.4) is 0 Å². The molecule has 1 aromatic heterocycles. The molecule has 7 nitrogen and oxygen atoms in total. The van der Waals surface area contributed by atoms with Crippen molar-refractivity contribution in [2.24, 2.45) is 0 Å². The van der Waals surface area contributed by atoms with Crippen LogP contribution >= 0.6 is 0 Å². The Bertz CT molecular complexity index is 669. The smallest absolute Gasteiger partial charge is 0.275 e. The fraction of sp³-hybridized carbons (Fsp3) is 0.571. The number of methoxy groups -OCH3 is 2. The molecule has 0 fully saturated rings. The Morgan fingerprint density at radius 2 is 2.14 bits per heavy atom. The number of nitrogens with zero attached hydrogens (tertiary/aromatic N) is 2. The molecule has 0 saturated heterocycles. The number of rotatable bonds is 3. The fourth-order valence-electron chi connectivity index (χ4n) is 3.23. The third kappa shape index (κ3) is 1.77. The van der Waals surface area contributed by atoms with E-state index in [4.69, 9.17) is 9.47 Å². The molecule has 2 aliphatic rings. The number of carbonyl (C=O) groups is 1. The van der Waals surface area contributed by atoms with Crippen molar-refractivity contribution in [2.45, 2.75) is 25.4 Å². The molecule has 3 rings (SSSR count). The maximum atomic E-state index is 12.5. The summed E-state index contributed by atoms with van der Waals surface area (Å²) in [7, 11) is 3.00. The SMILES string of the molecule is COCC1(C)NC(=O)c2c(OC)c(=O)cc3n2N1CC3C. The quantitative estimate of drug-likeness (QED) is 0.850. The second-order valence-corrected chi connectivity index (χ2v) is 5.77. The highest BCUT2D eigenvalue weighted by Crippen LogP contribution is 2.34. The highest BCUT2D eigenvalue weighted by Gasteiger charge is 2.47. The lowest BCUT2D eigenvalue weighted by Gasteiger charge is -2.45. The minimum atomic E-state index is -0.654. The molecule has 21 heavy (non-hydrogen) atoms. The molecule has 3 heterocycles. The maximum Gasteiger partial charge on any atom is 0.275 e. The molecule has 2 unspecified atom stereocenters. The molecule has 1 amide bonds. The largest absolute Gasteiger partial charge is 0.491 e. The van der Waals surface area contributed by atoms with Crippen LogP contribution in [0.2, 0.25) is 0 Å². The Kier molecular flexibility index (Phi) is 2.98. The molecule has 1 aromatic rings. The first-order chi connectivity index (χ1) is 9.92. The van der Waals surface area contributed by atoms with Crippen molar-refractivity contribution in [3.05, 3.63) is 27.7 Å². The van der Waals surface area contributed by atoms with Crippen LogP contribution in [0.5, 0.6) is 5.75 Å². The van der Waals surface area contributed by atoms with Gasteiger partial charge in [-0.2, -0.15) is 0 Å². The first-order valence-electron chi connectivity index (χ1n) is 6.86. The predicted molar refractivity (Wildman–Crippen MR) is 76.5 cm³/mol. The molecule has 0 spiro atoms. The Balaban J connectivity index is 2.29. The van der Waals surface area contributed by atoms with Gasteiger partial charge in [0.1, 0.15) is 5.66 Å². The first-order valence-corrected chi connectivity index (χ1v) is 6.86. The van der Waals surface area contributed by atoms with Crippen LogP contribution in [0.4, 0.5) is 0 Å². The Hall–Kier alpha value is -2.02. The molecule has 0 saturated carbocycles. The van der Waals surface area contributed by atoms with E-state index in [2.05, 4.69) is 5.32 Å².